The third kappa shape index (κ3) is 2.97. The zero-order valence-corrected chi connectivity index (χ0v) is 12.2. The lowest BCUT2D eigenvalue weighted by molar-refractivity contribution is 0.152. The highest BCUT2D eigenvalue weighted by Gasteiger charge is 2.24. The van der Waals surface area contributed by atoms with Gasteiger partial charge in [-0.15, -0.1) is 0 Å². The maximum absolute atomic E-state index is 12.7. The quantitative estimate of drug-likeness (QED) is 0.709. The fourth-order valence-corrected chi connectivity index (χ4v) is 3.33. The predicted molar refractivity (Wildman–Crippen MR) is 80.6 cm³/mol. The molecule has 2 amide bonds. The monoisotopic (exact) mass is 272 g/mol. The SMILES string of the molecule is O=C(N1CCCCCC1)N1CCCc2ccccc2C1. The summed E-state index contributed by atoms with van der Waals surface area (Å²) >= 11 is 0. The number of carbonyl (C=O) groups is 1. The van der Waals surface area contributed by atoms with E-state index < -0.39 is 0 Å². The molecule has 0 saturated carbocycles. The van der Waals surface area contributed by atoms with Gasteiger partial charge in [-0.3, -0.25) is 0 Å². The summed E-state index contributed by atoms with van der Waals surface area (Å²) < 4.78 is 0. The van der Waals surface area contributed by atoms with Crippen LogP contribution in [0, 0.1) is 0 Å². The van der Waals surface area contributed by atoms with Gasteiger partial charge in [-0.2, -0.15) is 0 Å². The number of carbonyl (C=O) groups excluding carboxylic acids is 1. The maximum atomic E-state index is 12.7. The van der Waals surface area contributed by atoms with Gasteiger partial charge in [0.15, 0.2) is 0 Å². The standard InChI is InChI=1S/C17H24N2O/c20-17(18-11-5-1-2-6-12-18)19-13-7-10-15-8-3-4-9-16(15)14-19/h3-4,8-9H,1-2,5-7,10-14H2. The Morgan fingerprint density at radius 2 is 1.45 bits per heavy atom. The van der Waals surface area contributed by atoms with E-state index in [1.807, 2.05) is 0 Å². The lowest BCUT2D eigenvalue weighted by Gasteiger charge is -2.29. The molecule has 3 nitrogen and oxygen atoms in total. The second-order valence-electron chi connectivity index (χ2n) is 5.98. The molecule has 1 fully saturated rings. The number of benzene rings is 1. The Kier molecular flexibility index (Phi) is 4.24. The smallest absolute Gasteiger partial charge is 0.320 e. The van der Waals surface area contributed by atoms with E-state index in [9.17, 15) is 4.79 Å². The minimum atomic E-state index is 0.253. The van der Waals surface area contributed by atoms with Gasteiger partial charge in [-0.1, -0.05) is 37.1 Å². The highest BCUT2D eigenvalue weighted by molar-refractivity contribution is 5.74. The van der Waals surface area contributed by atoms with E-state index in [0.29, 0.717) is 0 Å². The van der Waals surface area contributed by atoms with Crippen molar-refractivity contribution in [3.63, 3.8) is 0 Å². The van der Waals surface area contributed by atoms with Gasteiger partial charge in [0.05, 0.1) is 0 Å². The number of hydrogen-bond acceptors (Lipinski definition) is 1. The molecular formula is C17H24N2O. The molecule has 0 bridgehead atoms. The zero-order chi connectivity index (χ0) is 13.8. The average molecular weight is 272 g/mol. The number of fused-ring (bicyclic) bond motifs is 1. The van der Waals surface area contributed by atoms with Crippen molar-refractivity contribution in [2.24, 2.45) is 0 Å². The first-order chi connectivity index (χ1) is 9.84. The van der Waals surface area contributed by atoms with Crippen LogP contribution in [-0.2, 0) is 13.0 Å². The third-order valence-electron chi connectivity index (χ3n) is 4.50. The Morgan fingerprint density at radius 1 is 0.800 bits per heavy atom. The molecule has 0 atom stereocenters. The van der Waals surface area contributed by atoms with Crippen molar-refractivity contribution in [2.45, 2.75) is 45.1 Å². The van der Waals surface area contributed by atoms with Gasteiger partial charge in [-0.05, 0) is 36.8 Å². The first-order valence-corrected chi connectivity index (χ1v) is 7.95. The van der Waals surface area contributed by atoms with Crippen LogP contribution in [0.5, 0.6) is 0 Å². The van der Waals surface area contributed by atoms with Crippen LogP contribution >= 0.6 is 0 Å². The van der Waals surface area contributed by atoms with Crippen LogP contribution in [0.15, 0.2) is 24.3 Å². The van der Waals surface area contributed by atoms with Crippen molar-refractivity contribution in [1.29, 1.82) is 0 Å². The van der Waals surface area contributed by atoms with Crippen LogP contribution in [-0.4, -0.2) is 35.5 Å². The van der Waals surface area contributed by atoms with E-state index >= 15 is 0 Å². The molecule has 2 heterocycles. The molecule has 108 valence electrons. The van der Waals surface area contributed by atoms with Crippen molar-refractivity contribution < 1.29 is 4.79 Å². The maximum Gasteiger partial charge on any atom is 0.320 e. The van der Waals surface area contributed by atoms with E-state index in [2.05, 4.69) is 34.1 Å². The van der Waals surface area contributed by atoms with Gasteiger partial charge < -0.3 is 9.80 Å². The third-order valence-corrected chi connectivity index (χ3v) is 4.50. The molecule has 1 saturated heterocycles. The topological polar surface area (TPSA) is 23.6 Å². The van der Waals surface area contributed by atoms with Gasteiger partial charge in [0.25, 0.3) is 0 Å². The van der Waals surface area contributed by atoms with Crippen LogP contribution in [0.3, 0.4) is 0 Å². The summed E-state index contributed by atoms with van der Waals surface area (Å²) in [6.45, 7) is 3.56. The van der Waals surface area contributed by atoms with E-state index in [1.165, 1.54) is 24.0 Å². The second kappa shape index (κ2) is 6.29. The summed E-state index contributed by atoms with van der Waals surface area (Å²) in [4.78, 5) is 16.8. The molecule has 20 heavy (non-hydrogen) atoms. The predicted octanol–water partition coefficient (Wildman–Crippen LogP) is 3.43. The Morgan fingerprint density at radius 3 is 2.20 bits per heavy atom. The first kappa shape index (κ1) is 13.5. The summed E-state index contributed by atoms with van der Waals surface area (Å²) in [5.74, 6) is 0. The molecule has 0 aliphatic carbocycles. The van der Waals surface area contributed by atoms with Crippen LogP contribution in [0.25, 0.3) is 0 Å². The van der Waals surface area contributed by atoms with Crippen molar-refractivity contribution in [2.75, 3.05) is 19.6 Å². The molecule has 0 aromatic heterocycles. The lowest BCUT2D eigenvalue weighted by Crippen LogP contribution is -2.43. The first-order valence-electron chi connectivity index (χ1n) is 7.95. The normalized spacial score (nSPS) is 20.0. The number of hydrogen-bond donors (Lipinski definition) is 0. The van der Waals surface area contributed by atoms with Gasteiger partial charge in [0.1, 0.15) is 0 Å². The Hall–Kier alpha value is -1.51. The lowest BCUT2D eigenvalue weighted by atomic mass is 10.0. The van der Waals surface area contributed by atoms with Gasteiger partial charge in [0.2, 0.25) is 0 Å². The van der Waals surface area contributed by atoms with Crippen molar-refractivity contribution >= 4 is 6.03 Å². The van der Waals surface area contributed by atoms with Gasteiger partial charge in [-0.25, -0.2) is 4.79 Å². The number of urea groups is 1. The number of rotatable bonds is 0. The Balaban J connectivity index is 1.71. The summed E-state index contributed by atoms with van der Waals surface area (Å²) in [5, 5.41) is 0. The Labute approximate surface area is 121 Å². The molecule has 0 radical (unpaired) electrons. The van der Waals surface area contributed by atoms with Crippen molar-refractivity contribution in [1.82, 2.24) is 9.80 Å². The molecule has 3 heteroatoms. The minimum Gasteiger partial charge on any atom is -0.325 e. The van der Waals surface area contributed by atoms with Gasteiger partial charge >= 0.3 is 6.03 Å². The number of likely N-dealkylation sites (tertiary alicyclic amines) is 1. The highest BCUT2D eigenvalue weighted by Crippen LogP contribution is 2.20. The molecular weight excluding hydrogens is 248 g/mol. The van der Waals surface area contributed by atoms with Crippen LogP contribution < -0.4 is 0 Å². The summed E-state index contributed by atoms with van der Waals surface area (Å²) in [7, 11) is 0. The summed E-state index contributed by atoms with van der Waals surface area (Å²) in [6.07, 6.45) is 7.04. The highest BCUT2D eigenvalue weighted by atomic mass is 16.2. The molecule has 0 unspecified atom stereocenters. The zero-order valence-electron chi connectivity index (χ0n) is 12.2. The average Bonchev–Trinajstić information content (AvgIpc) is 2.87. The van der Waals surface area contributed by atoms with Crippen LogP contribution in [0.1, 0.15) is 43.2 Å². The molecule has 2 aliphatic rings. The minimum absolute atomic E-state index is 0.253. The largest absolute Gasteiger partial charge is 0.325 e. The fourth-order valence-electron chi connectivity index (χ4n) is 3.33. The van der Waals surface area contributed by atoms with Crippen molar-refractivity contribution in [3.8, 4) is 0 Å². The summed E-state index contributed by atoms with van der Waals surface area (Å²) in [6, 6.07) is 8.81. The molecule has 1 aromatic carbocycles. The van der Waals surface area contributed by atoms with E-state index in [0.717, 1.165) is 51.9 Å². The summed E-state index contributed by atoms with van der Waals surface area (Å²) in [5.41, 5.74) is 2.74. The van der Waals surface area contributed by atoms with E-state index in [-0.39, 0.29) is 6.03 Å². The van der Waals surface area contributed by atoms with Crippen LogP contribution in [0.4, 0.5) is 4.79 Å². The Bertz CT molecular complexity index is 464. The number of nitrogens with zero attached hydrogens (tertiary/aromatic N) is 2. The van der Waals surface area contributed by atoms with Crippen LogP contribution in [0.2, 0.25) is 0 Å². The van der Waals surface area contributed by atoms with Crippen molar-refractivity contribution in [3.05, 3.63) is 35.4 Å². The number of amides is 2. The van der Waals surface area contributed by atoms with Gasteiger partial charge in [0, 0.05) is 26.2 Å². The molecule has 3 rings (SSSR count). The molecule has 2 aliphatic heterocycles. The van der Waals surface area contributed by atoms with E-state index in [4.69, 9.17) is 0 Å². The van der Waals surface area contributed by atoms with E-state index in [1.54, 1.807) is 0 Å². The second-order valence-corrected chi connectivity index (χ2v) is 5.98. The number of aryl methyl sites for hydroxylation is 1. The molecule has 1 aromatic rings. The fraction of sp³-hybridized carbons (Fsp3) is 0.588. The molecule has 0 N–H and O–H groups in total. The molecule has 0 spiro atoms.